The third-order valence-corrected chi connectivity index (χ3v) is 5.63. The van der Waals surface area contributed by atoms with Crippen LogP contribution < -0.4 is 0 Å². The Morgan fingerprint density at radius 1 is 1.36 bits per heavy atom. The summed E-state index contributed by atoms with van der Waals surface area (Å²) in [6.07, 6.45) is 5.71. The molecule has 0 saturated heterocycles. The molecular formula is C14H21N5O2S. The van der Waals surface area contributed by atoms with E-state index in [1.54, 1.807) is 17.2 Å². The Labute approximate surface area is 130 Å². The van der Waals surface area contributed by atoms with E-state index in [0.29, 0.717) is 25.4 Å². The first-order valence-electron chi connectivity index (χ1n) is 7.39. The van der Waals surface area contributed by atoms with E-state index < -0.39 is 10.0 Å². The third-order valence-electron chi connectivity index (χ3n) is 3.89. The van der Waals surface area contributed by atoms with Gasteiger partial charge >= 0.3 is 0 Å². The first-order valence-corrected chi connectivity index (χ1v) is 8.83. The molecule has 0 aliphatic carbocycles. The van der Waals surface area contributed by atoms with Crippen molar-refractivity contribution in [2.75, 3.05) is 6.54 Å². The van der Waals surface area contributed by atoms with Crippen LogP contribution in [0.25, 0.3) is 0 Å². The molecule has 8 heteroatoms. The maximum Gasteiger partial charge on any atom is 0.262 e. The van der Waals surface area contributed by atoms with Crippen molar-refractivity contribution in [2.45, 2.75) is 38.4 Å². The fourth-order valence-electron chi connectivity index (χ4n) is 2.74. The van der Waals surface area contributed by atoms with Crippen molar-refractivity contribution in [2.24, 2.45) is 13.0 Å². The average molecular weight is 323 g/mol. The van der Waals surface area contributed by atoms with Crippen LogP contribution in [-0.2, 0) is 36.6 Å². The molecule has 3 heterocycles. The van der Waals surface area contributed by atoms with Crippen LogP contribution in [0.2, 0.25) is 0 Å². The van der Waals surface area contributed by atoms with Crippen LogP contribution in [0, 0.1) is 5.92 Å². The van der Waals surface area contributed by atoms with E-state index in [9.17, 15) is 8.42 Å². The zero-order valence-electron chi connectivity index (χ0n) is 13.1. The standard InChI is InChI=1S/C14H21N5O2S/c1-11(2)7-18-9-14(15-10-18)22(20,21)19-5-4-12-6-16-17(3)13(12)8-19/h6,9-11H,4-5,7-8H2,1-3H3. The van der Waals surface area contributed by atoms with Gasteiger partial charge in [0.05, 0.1) is 24.8 Å². The van der Waals surface area contributed by atoms with Crippen LogP contribution in [0.5, 0.6) is 0 Å². The summed E-state index contributed by atoms with van der Waals surface area (Å²) in [6.45, 7) is 5.75. The van der Waals surface area contributed by atoms with Gasteiger partial charge in [-0.2, -0.15) is 9.40 Å². The van der Waals surface area contributed by atoms with Gasteiger partial charge in [-0.1, -0.05) is 13.8 Å². The van der Waals surface area contributed by atoms with E-state index in [2.05, 4.69) is 23.9 Å². The molecule has 0 bridgehead atoms. The Morgan fingerprint density at radius 3 is 2.86 bits per heavy atom. The van der Waals surface area contributed by atoms with Crippen LogP contribution >= 0.6 is 0 Å². The molecule has 22 heavy (non-hydrogen) atoms. The molecule has 1 aliphatic heterocycles. The second-order valence-corrected chi connectivity index (χ2v) is 8.02. The van der Waals surface area contributed by atoms with Gasteiger partial charge in [-0.25, -0.2) is 13.4 Å². The number of hydrogen-bond acceptors (Lipinski definition) is 4. The average Bonchev–Trinajstić information content (AvgIpc) is 3.06. The number of imidazole rings is 1. The number of fused-ring (bicyclic) bond motifs is 1. The summed E-state index contributed by atoms with van der Waals surface area (Å²) in [4.78, 5) is 4.09. The van der Waals surface area contributed by atoms with Crippen LogP contribution in [-0.4, -0.2) is 38.6 Å². The van der Waals surface area contributed by atoms with E-state index in [1.165, 1.54) is 4.31 Å². The molecule has 0 aromatic carbocycles. The SMILES string of the molecule is CC(C)Cn1cnc(S(=O)(=O)N2CCc3cnn(C)c3C2)c1. The second-order valence-electron chi connectivity index (χ2n) is 6.13. The fourth-order valence-corrected chi connectivity index (χ4v) is 4.08. The van der Waals surface area contributed by atoms with Gasteiger partial charge < -0.3 is 4.57 Å². The van der Waals surface area contributed by atoms with E-state index in [-0.39, 0.29) is 5.03 Å². The zero-order valence-corrected chi connectivity index (χ0v) is 13.9. The van der Waals surface area contributed by atoms with Crippen LogP contribution in [0.4, 0.5) is 0 Å². The molecule has 0 amide bonds. The smallest absolute Gasteiger partial charge is 0.262 e. The van der Waals surface area contributed by atoms with Gasteiger partial charge in [0.2, 0.25) is 0 Å². The summed E-state index contributed by atoms with van der Waals surface area (Å²) in [5.41, 5.74) is 2.08. The lowest BCUT2D eigenvalue weighted by Crippen LogP contribution is -2.36. The molecule has 0 N–H and O–H groups in total. The Kier molecular flexibility index (Phi) is 3.82. The number of hydrogen-bond donors (Lipinski definition) is 0. The quantitative estimate of drug-likeness (QED) is 0.842. The van der Waals surface area contributed by atoms with E-state index in [0.717, 1.165) is 17.8 Å². The monoisotopic (exact) mass is 323 g/mol. The van der Waals surface area contributed by atoms with Gasteiger partial charge in [-0.15, -0.1) is 0 Å². The zero-order chi connectivity index (χ0) is 15.9. The molecule has 0 atom stereocenters. The summed E-state index contributed by atoms with van der Waals surface area (Å²) in [7, 11) is -1.71. The molecule has 2 aromatic heterocycles. The van der Waals surface area contributed by atoms with Gasteiger partial charge in [-0.3, -0.25) is 4.68 Å². The summed E-state index contributed by atoms with van der Waals surface area (Å²) in [6, 6.07) is 0. The maximum absolute atomic E-state index is 12.7. The van der Waals surface area contributed by atoms with Crippen molar-refractivity contribution in [3.8, 4) is 0 Å². The summed E-state index contributed by atoms with van der Waals surface area (Å²) in [5.74, 6) is 0.441. The number of aromatic nitrogens is 4. The highest BCUT2D eigenvalue weighted by atomic mass is 32.2. The van der Waals surface area contributed by atoms with Crippen molar-refractivity contribution < 1.29 is 8.42 Å². The van der Waals surface area contributed by atoms with E-state index >= 15 is 0 Å². The first-order chi connectivity index (χ1) is 10.4. The van der Waals surface area contributed by atoms with Gasteiger partial charge in [0.1, 0.15) is 0 Å². The lowest BCUT2D eigenvalue weighted by molar-refractivity contribution is 0.378. The number of sulfonamides is 1. The topological polar surface area (TPSA) is 73.0 Å². The highest BCUT2D eigenvalue weighted by Crippen LogP contribution is 2.23. The fraction of sp³-hybridized carbons (Fsp3) is 0.571. The largest absolute Gasteiger partial charge is 0.336 e. The Bertz CT molecular complexity index is 775. The molecule has 1 aliphatic rings. The van der Waals surface area contributed by atoms with Gasteiger partial charge in [0, 0.05) is 26.3 Å². The van der Waals surface area contributed by atoms with Gasteiger partial charge in [0.25, 0.3) is 10.0 Å². The van der Waals surface area contributed by atoms with Crippen LogP contribution in [0.15, 0.2) is 23.7 Å². The molecule has 3 rings (SSSR count). The van der Waals surface area contributed by atoms with Gasteiger partial charge in [0.15, 0.2) is 5.03 Å². The molecule has 0 spiro atoms. The van der Waals surface area contributed by atoms with Crippen LogP contribution in [0.3, 0.4) is 0 Å². The predicted octanol–water partition coefficient (Wildman–Crippen LogP) is 1.02. The summed E-state index contributed by atoms with van der Waals surface area (Å²) < 4.78 is 30.6. The minimum atomic E-state index is -3.55. The second kappa shape index (κ2) is 5.51. The van der Waals surface area contributed by atoms with Crippen molar-refractivity contribution in [3.05, 3.63) is 30.0 Å². The third kappa shape index (κ3) is 2.68. The minimum absolute atomic E-state index is 0.124. The highest BCUT2D eigenvalue weighted by Gasteiger charge is 2.31. The van der Waals surface area contributed by atoms with E-state index in [4.69, 9.17) is 0 Å². The lowest BCUT2D eigenvalue weighted by atomic mass is 10.1. The predicted molar refractivity (Wildman–Crippen MR) is 81.6 cm³/mol. The molecule has 0 unspecified atom stereocenters. The molecule has 0 fully saturated rings. The molecule has 0 saturated carbocycles. The highest BCUT2D eigenvalue weighted by molar-refractivity contribution is 7.89. The molecule has 120 valence electrons. The Morgan fingerprint density at radius 2 is 2.14 bits per heavy atom. The molecule has 2 aromatic rings. The maximum atomic E-state index is 12.7. The number of rotatable bonds is 4. The Balaban J connectivity index is 1.85. The molecular weight excluding hydrogens is 302 g/mol. The van der Waals surface area contributed by atoms with Crippen LogP contribution in [0.1, 0.15) is 25.1 Å². The van der Waals surface area contributed by atoms with Crippen molar-refractivity contribution in [1.82, 2.24) is 23.6 Å². The number of aryl methyl sites for hydroxylation is 1. The normalized spacial score (nSPS) is 16.2. The lowest BCUT2D eigenvalue weighted by Gasteiger charge is -2.25. The summed E-state index contributed by atoms with van der Waals surface area (Å²) >= 11 is 0. The molecule has 7 nitrogen and oxygen atoms in total. The van der Waals surface area contributed by atoms with Crippen molar-refractivity contribution in [3.63, 3.8) is 0 Å². The first kappa shape index (κ1) is 15.2. The number of nitrogens with zero attached hydrogens (tertiary/aromatic N) is 5. The van der Waals surface area contributed by atoms with Gasteiger partial charge in [-0.05, 0) is 17.9 Å². The van der Waals surface area contributed by atoms with E-state index in [1.807, 2.05) is 17.8 Å². The van der Waals surface area contributed by atoms with Crippen molar-refractivity contribution in [1.29, 1.82) is 0 Å². The van der Waals surface area contributed by atoms with Crippen molar-refractivity contribution >= 4 is 10.0 Å². The Hall–Kier alpha value is -1.67. The molecule has 0 radical (unpaired) electrons. The minimum Gasteiger partial charge on any atom is -0.336 e. The summed E-state index contributed by atoms with van der Waals surface area (Å²) in [5, 5.41) is 4.32.